The van der Waals surface area contributed by atoms with Crippen LogP contribution in [0.5, 0.6) is 0 Å². The molecule has 0 saturated carbocycles. The molecule has 2 heterocycles. The minimum atomic E-state index is -5.16. The highest BCUT2D eigenvalue weighted by atomic mass is 32.2. The van der Waals surface area contributed by atoms with E-state index in [2.05, 4.69) is 37.2 Å². The highest BCUT2D eigenvalue weighted by Crippen LogP contribution is 2.43. The van der Waals surface area contributed by atoms with E-state index < -0.39 is 30.6 Å². The maximum Gasteiger partial charge on any atom is 0.307 e. The Morgan fingerprint density at radius 3 is 2.13 bits per heavy atom. The molecule has 2 aromatic carbocycles. The van der Waals surface area contributed by atoms with E-state index in [-0.39, 0.29) is 35.9 Å². The van der Waals surface area contributed by atoms with Crippen molar-refractivity contribution in [1.29, 1.82) is 0 Å². The number of fused-ring (bicyclic) bond motifs is 2. The summed E-state index contributed by atoms with van der Waals surface area (Å²) in [4.78, 5) is 15.4. The Kier molecular flexibility index (Phi) is 11.9. The number of nitrogens with zero attached hydrogens (tertiary/aromatic N) is 4. The molecule has 1 saturated heterocycles. The van der Waals surface area contributed by atoms with Crippen molar-refractivity contribution in [1.82, 2.24) is 13.8 Å². The van der Waals surface area contributed by atoms with Gasteiger partial charge in [0.25, 0.3) is 0 Å². The molecule has 0 amide bonds. The minimum absolute atomic E-state index is 0.0953. The van der Waals surface area contributed by atoms with Crippen LogP contribution in [0.25, 0.3) is 33.4 Å². The number of sulfonamides is 1. The van der Waals surface area contributed by atoms with Crippen LogP contribution in [-0.4, -0.2) is 101 Å². The maximum absolute atomic E-state index is 13.9. The van der Waals surface area contributed by atoms with Crippen LogP contribution in [0.3, 0.4) is 0 Å². The lowest BCUT2D eigenvalue weighted by Gasteiger charge is -2.34. The molecule has 14 heteroatoms. The normalized spacial score (nSPS) is 14.9. The summed E-state index contributed by atoms with van der Waals surface area (Å²) in [7, 11) is -9.33. The van der Waals surface area contributed by atoms with Crippen LogP contribution < -0.4 is 14.8 Å². The molecule has 2 aliphatic heterocycles. The van der Waals surface area contributed by atoms with Gasteiger partial charge in [-0.25, -0.2) is 21.4 Å². The van der Waals surface area contributed by atoms with Gasteiger partial charge in [-0.15, -0.1) is 0 Å². The molecule has 52 heavy (non-hydrogen) atoms. The van der Waals surface area contributed by atoms with Crippen molar-refractivity contribution >= 4 is 42.8 Å². The molecule has 12 nitrogen and oxygen atoms in total. The summed E-state index contributed by atoms with van der Waals surface area (Å²) in [6.07, 6.45) is 0.180. The van der Waals surface area contributed by atoms with Crippen LogP contribution >= 0.6 is 0 Å². The van der Waals surface area contributed by atoms with E-state index in [1.807, 2.05) is 41.3 Å². The summed E-state index contributed by atoms with van der Waals surface area (Å²) in [5.74, 6) is 0.175. The third-order valence-corrected chi connectivity index (χ3v) is 12.2. The van der Waals surface area contributed by atoms with Crippen molar-refractivity contribution in [3.8, 4) is 22.5 Å². The van der Waals surface area contributed by atoms with Crippen molar-refractivity contribution in [3.05, 3.63) is 60.0 Å². The lowest BCUT2D eigenvalue weighted by Crippen LogP contribution is -2.49. The first-order valence-electron chi connectivity index (χ1n) is 17.9. The van der Waals surface area contributed by atoms with Gasteiger partial charge in [-0.1, -0.05) is 6.07 Å². The minimum Gasteiger partial charge on any atom is -0.744 e. The SMILES string of the molecule is CCN(CC)c1ccc2c(-c3ccc(S(=O)(=O)N4CCN(CCC(=O)OC(C)(C)C)CC4)cc3S(=O)(=O)[O-])c3ccc(=[N+](CC)CC)cc-3oc2c1. The number of esters is 1. The fraction of sp³-hybridized carbons (Fsp3) is 0.474. The number of hydrogen-bond donors (Lipinski definition) is 0. The zero-order chi connectivity index (χ0) is 38.0. The first-order chi connectivity index (χ1) is 24.5. The molecule has 282 valence electrons. The van der Waals surface area contributed by atoms with Gasteiger partial charge in [0.2, 0.25) is 15.4 Å². The molecule has 5 rings (SSSR count). The molecular weight excluding hydrogens is 705 g/mol. The molecule has 3 aliphatic rings. The molecule has 0 radical (unpaired) electrons. The smallest absolute Gasteiger partial charge is 0.307 e. The van der Waals surface area contributed by atoms with E-state index in [1.165, 1.54) is 16.4 Å². The van der Waals surface area contributed by atoms with Gasteiger partial charge in [0.05, 0.1) is 22.3 Å². The Balaban J connectivity index is 1.58. The van der Waals surface area contributed by atoms with Gasteiger partial charge in [-0.05, 0) is 78.8 Å². The zero-order valence-electron chi connectivity index (χ0n) is 31.1. The maximum atomic E-state index is 13.9. The number of hydrogen-bond acceptors (Lipinski definition) is 10. The average Bonchev–Trinajstić information content (AvgIpc) is 3.09. The third-order valence-electron chi connectivity index (χ3n) is 9.46. The van der Waals surface area contributed by atoms with Gasteiger partial charge in [0.1, 0.15) is 40.2 Å². The molecule has 0 bridgehead atoms. The fourth-order valence-electron chi connectivity index (χ4n) is 6.79. The third kappa shape index (κ3) is 8.52. The molecule has 0 unspecified atom stereocenters. The van der Waals surface area contributed by atoms with Gasteiger partial charge >= 0.3 is 5.97 Å². The number of rotatable bonds is 12. The van der Waals surface area contributed by atoms with Crippen molar-refractivity contribution in [2.45, 2.75) is 70.3 Å². The molecular formula is C38H50N4O8S2. The Morgan fingerprint density at radius 2 is 1.54 bits per heavy atom. The fourth-order valence-corrected chi connectivity index (χ4v) is 9.02. The van der Waals surface area contributed by atoms with Crippen LogP contribution in [0.1, 0.15) is 54.9 Å². The Labute approximate surface area is 307 Å². The van der Waals surface area contributed by atoms with E-state index in [4.69, 9.17) is 9.15 Å². The monoisotopic (exact) mass is 754 g/mol. The Hall–Kier alpha value is -3.82. The van der Waals surface area contributed by atoms with Crippen molar-refractivity contribution in [2.24, 2.45) is 0 Å². The van der Waals surface area contributed by atoms with Crippen molar-refractivity contribution in [3.63, 3.8) is 0 Å². The summed E-state index contributed by atoms with van der Waals surface area (Å²) in [6, 6.07) is 15.2. The predicted octanol–water partition coefficient (Wildman–Crippen LogP) is 4.81. The highest BCUT2D eigenvalue weighted by Gasteiger charge is 2.31. The molecule has 0 spiro atoms. The lowest BCUT2D eigenvalue weighted by molar-refractivity contribution is -0.155. The molecule has 0 aromatic heterocycles. The first-order valence-corrected chi connectivity index (χ1v) is 20.7. The van der Waals surface area contributed by atoms with Gasteiger partial charge in [-0.3, -0.25) is 4.79 Å². The second-order valence-electron chi connectivity index (χ2n) is 13.9. The largest absolute Gasteiger partial charge is 0.744 e. The van der Waals surface area contributed by atoms with Crippen molar-refractivity contribution < 1.29 is 35.3 Å². The van der Waals surface area contributed by atoms with E-state index in [0.717, 1.165) is 43.3 Å². The topological polar surface area (TPSA) is 144 Å². The number of benzene rings is 3. The van der Waals surface area contributed by atoms with Crippen LogP contribution in [0.2, 0.25) is 0 Å². The van der Waals surface area contributed by atoms with Crippen molar-refractivity contribution in [2.75, 3.05) is 63.8 Å². The zero-order valence-corrected chi connectivity index (χ0v) is 32.8. The highest BCUT2D eigenvalue weighted by molar-refractivity contribution is 7.89. The van der Waals surface area contributed by atoms with Gasteiger partial charge in [0, 0.05) is 85.7 Å². The Bertz CT molecular complexity index is 2190. The average molecular weight is 755 g/mol. The summed E-state index contributed by atoms with van der Waals surface area (Å²) >= 11 is 0. The van der Waals surface area contributed by atoms with Gasteiger partial charge in [0.15, 0.2) is 0 Å². The van der Waals surface area contributed by atoms with E-state index >= 15 is 0 Å². The summed E-state index contributed by atoms with van der Waals surface area (Å²) < 4.78 is 82.1. The second-order valence-corrected chi connectivity index (χ2v) is 17.2. The number of piperazine rings is 1. The molecule has 1 aliphatic carbocycles. The first kappa shape index (κ1) is 39.4. The Morgan fingerprint density at radius 1 is 0.885 bits per heavy atom. The summed E-state index contributed by atoms with van der Waals surface area (Å²) in [5, 5.41) is 1.51. The number of ether oxygens (including phenoxy) is 1. The predicted molar refractivity (Wildman–Crippen MR) is 202 cm³/mol. The van der Waals surface area contributed by atoms with Crippen LogP contribution in [-0.2, 0) is 29.7 Å². The van der Waals surface area contributed by atoms with Gasteiger partial charge < -0.3 is 23.5 Å². The van der Waals surface area contributed by atoms with E-state index in [9.17, 15) is 26.2 Å². The quantitative estimate of drug-likeness (QED) is 0.0857. The van der Waals surface area contributed by atoms with E-state index in [1.54, 1.807) is 20.8 Å². The van der Waals surface area contributed by atoms with Crippen LogP contribution in [0, 0.1) is 0 Å². The lowest BCUT2D eigenvalue weighted by atomic mass is 9.93. The summed E-state index contributed by atoms with van der Waals surface area (Å²) in [5.41, 5.74) is 1.98. The molecule has 2 aromatic rings. The molecule has 0 N–H and O–H groups in total. The number of carbonyl (C=O) groups is 1. The van der Waals surface area contributed by atoms with Crippen LogP contribution in [0.4, 0.5) is 5.69 Å². The number of anilines is 1. The summed E-state index contributed by atoms with van der Waals surface area (Å²) in [6.45, 7) is 18.2. The van der Waals surface area contributed by atoms with E-state index in [0.29, 0.717) is 47.5 Å². The molecule has 1 fully saturated rings. The standard InChI is InChI=1S/C38H50N4O8S2/c1-8-40(9-2)27-12-15-30-33(24-27)49-34-25-28(41(10-3)11-4)13-16-31(34)37(30)32-17-14-29(26-35(32)52(46,47)48)51(44,45)42-22-20-39(21-23-42)19-18-36(43)50-38(5,6)7/h12-17,24-26H,8-11,18-23H2,1-7H3. The number of carbonyl (C=O) groups excluding carboxylic acids is 1. The van der Waals surface area contributed by atoms with Crippen LogP contribution in [0.15, 0.2) is 68.8 Å². The molecule has 0 atom stereocenters. The second kappa shape index (κ2) is 15.7. The van der Waals surface area contributed by atoms with Gasteiger partial charge in [-0.2, -0.15) is 4.31 Å².